The highest BCUT2D eigenvalue weighted by Crippen LogP contribution is 2.06. The molecular formula is C13H18N2O3. The van der Waals surface area contributed by atoms with Crippen LogP contribution >= 0.6 is 0 Å². The smallest absolute Gasteiger partial charge is 0.248 e. The Morgan fingerprint density at radius 2 is 2.22 bits per heavy atom. The summed E-state index contributed by atoms with van der Waals surface area (Å²) in [6.45, 7) is 3.57. The number of carbonyl (C=O) groups excluding carboxylic acids is 1. The molecular weight excluding hydrogens is 232 g/mol. The summed E-state index contributed by atoms with van der Waals surface area (Å²) < 4.78 is 11.1. The third-order valence-corrected chi connectivity index (χ3v) is 2.82. The summed E-state index contributed by atoms with van der Waals surface area (Å²) in [4.78, 5) is 10.9. The number of hydrogen-bond acceptors (Lipinski definition) is 4. The van der Waals surface area contributed by atoms with E-state index < -0.39 is 5.91 Å². The van der Waals surface area contributed by atoms with Crippen molar-refractivity contribution < 1.29 is 14.3 Å². The molecule has 1 aromatic carbocycles. The average Bonchev–Trinajstić information content (AvgIpc) is 2.40. The van der Waals surface area contributed by atoms with Gasteiger partial charge in [-0.3, -0.25) is 4.79 Å². The number of benzene rings is 1. The first-order chi connectivity index (χ1) is 8.75. The van der Waals surface area contributed by atoms with Gasteiger partial charge in [0.2, 0.25) is 5.91 Å². The van der Waals surface area contributed by atoms with Gasteiger partial charge in [-0.2, -0.15) is 0 Å². The zero-order valence-electron chi connectivity index (χ0n) is 10.2. The quantitative estimate of drug-likeness (QED) is 0.788. The van der Waals surface area contributed by atoms with Crippen LogP contribution in [0.3, 0.4) is 0 Å². The molecule has 0 aromatic heterocycles. The van der Waals surface area contributed by atoms with E-state index in [1.807, 2.05) is 12.1 Å². The number of hydrogen-bond donors (Lipinski definition) is 2. The van der Waals surface area contributed by atoms with Crippen LogP contribution in [-0.4, -0.2) is 38.3 Å². The van der Waals surface area contributed by atoms with E-state index in [2.05, 4.69) is 5.32 Å². The van der Waals surface area contributed by atoms with Crippen LogP contribution in [0.25, 0.3) is 0 Å². The molecule has 0 aliphatic carbocycles. The summed E-state index contributed by atoms with van der Waals surface area (Å²) in [6.07, 6.45) is 0.128. The minimum Gasteiger partial charge on any atom is -0.374 e. The number of amides is 1. The molecule has 18 heavy (non-hydrogen) atoms. The third kappa shape index (κ3) is 3.80. The largest absolute Gasteiger partial charge is 0.374 e. The molecule has 5 nitrogen and oxygen atoms in total. The van der Waals surface area contributed by atoms with Gasteiger partial charge in [0.15, 0.2) is 0 Å². The van der Waals surface area contributed by atoms with Gasteiger partial charge >= 0.3 is 0 Å². The number of morpholine rings is 1. The Kier molecular flexibility index (Phi) is 4.69. The molecule has 1 unspecified atom stereocenters. The maximum absolute atomic E-state index is 10.9. The first kappa shape index (κ1) is 13.0. The van der Waals surface area contributed by atoms with E-state index in [-0.39, 0.29) is 6.10 Å². The van der Waals surface area contributed by atoms with Crippen molar-refractivity contribution in [3.8, 4) is 0 Å². The van der Waals surface area contributed by atoms with Gasteiger partial charge in [0.05, 0.1) is 25.9 Å². The van der Waals surface area contributed by atoms with Crippen LogP contribution in [0.15, 0.2) is 24.3 Å². The Labute approximate surface area is 106 Å². The fourth-order valence-electron chi connectivity index (χ4n) is 1.80. The molecule has 1 heterocycles. The van der Waals surface area contributed by atoms with E-state index in [1.54, 1.807) is 12.1 Å². The van der Waals surface area contributed by atoms with Gasteiger partial charge in [0.25, 0.3) is 0 Å². The lowest BCUT2D eigenvalue weighted by molar-refractivity contribution is -0.0357. The van der Waals surface area contributed by atoms with Gasteiger partial charge in [0.1, 0.15) is 0 Å². The Morgan fingerprint density at radius 3 is 2.83 bits per heavy atom. The van der Waals surface area contributed by atoms with Crippen molar-refractivity contribution >= 4 is 5.91 Å². The van der Waals surface area contributed by atoms with Gasteiger partial charge in [-0.05, 0) is 17.7 Å². The molecule has 1 saturated heterocycles. The summed E-state index contributed by atoms with van der Waals surface area (Å²) in [5.74, 6) is -0.413. The molecule has 1 fully saturated rings. The van der Waals surface area contributed by atoms with Crippen molar-refractivity contribution in [3.05, 3.63) is 35.4 Å². The topological polar surface area (TPSA) is 73.6 Å². The van der Waals surface area contributed by atoms with E-state index in [0.717, 1.165) is 25.3 Å². The Bertz CT molecular complexity index is 386. The normalized spacial score (nSPS) is 19.7. The number of nitrogens with two attached hydrogens (primary N) is 1. The number of ether oxygens (including phenoxy) is 2. The van der Waals surface area contributed by atoms with Gasteiger partial charge < -0.3 is 20.5 Å². The molecule has 1 aromatic rings. The van der Waals surface area contributed by atoms with Crippen LogP contribution in [-0.2, 0) is 16.1 Å². The molecule has 1 aliphatic heterocycles. The van der Waals surface area contributed by atoms with Crippen molar-refractivity contribution in [3.63, 3.8) is 0 Å². The summed E-state index contributed by atoms with van der Waals surface area (Å²) in [5.41, 5.74) is 6.70. The average molecular weight is 250 g/mol. The number of rotatable bonds is 5. The molecule has 0 radical (unpaired) electrons. The summed E-state index contributed by atoms with van der Waals surface area (Å²) in [6, 6.07) is 7.11. The minimum atomic E-state index is -0.413. The molecule has 98 valence electrons. The number of carbonyl (C=O) groups is 1. The predicted molar refractivity (Wildman–Crippen MR) is 67.2 cm³/mol. The van der Waals surface area contributed by atoms with Crippen LogP contribution in [0.4, 0.5) is 0 Å². The van der Waals surface area contributed by atoms with Crippen molar-refractivity contribution in [1.82, 2.24) is 5.32 Å². The first-order valence-corrected chi connectivity index (χ1v) is 6.04. The first-order valence-electron chi connectivity index (χ1n) is 6.04. The highest BCUT2D eigenvalue weighted by atomic mass is 16.5. The lowest BCUT2D eigenvalue weighted by Crippen LogP contribution is -2.40. The van der Waals surface area contributed by atoms with Gasteiger partial charge in [0, 0.05) is 18.7 Å². The monoisotopic (exact) mass is 250 g/mol. The maximum atomic E-state index is 10.9. The van der Waals surface area contributed by atoms with E-state index in [9.17, 15) is 4.79 Å². The van der Waals surface area contributed by atoms with Crippen LogP contribution in [0.2, 0.25) is 0 Å². The second-order valence-electron chi connectivity index (χ2n) is 4.27. The molecule has 0 bridgehead atoms. The van der Waals surface area contributed by atoms with E-state index in [1.165, 1.54) is 0 Å². The summed E-state index contributed by atoms with van der Waals surface area (Å²) >= 11 is 0. The van der Waals surface area contributed by atoms with Gasteiger partial charge in [-0.15, -0.1) is 0 Å². The predicted octanol–water partition coefficient (Wildman–Crippen LogP) is 0.291. The zero-order chi connectivity index (χ0) is 12.8. The highest BCUT2D eigenvalue weighted by molar-refractivity contribution is 5.92. The second kappa shape index (κ2) is 6.49. The number of nitrogens with one attached hydrogen (secondary N) is 1. The Hall–Kier alpha value is -1.43. The fraction of sp³-hybridized carbons (Fsp3) is 0.462. The molecule has 1 amide bonds. The second-order valence-corrected chi connectivity index (χ2v) is 4.27. The van der Waals surface area contributed by atoms with E-state index in [0.29, 0.717) is 18.8 Å². The third-order valence-electron chi connectivity index (χ3n) is 2.82. The van der Waals surface area contributed by atoms with Gasteiger partial charge in [-0.1, -0.05) is 12.1 Å². The van der Waals surface area contributed by atoms with E-state index in [4.69, 9.17) is 15.2 Å². The molecule has 1 atom stereocenters. The lowest BCUT2D eigenvalue weighted by atomic mass is 10.1. The highest BCUT2D eigenvalue weighted by Gasteiger charge is 2.12. The molecule has 0 saturated carbocycles. The Morgan fingerprint density at radius 1 is 1.44 bits per heavy atom. The van der Waals surface area contributed by atoms with Crippen LogP contribution < -0.4 is 11.1 Å². The number of primary amides is 1. The summed E-state index contributed by atoms with van der Waals surface area (Å²) in [5, 5.41) is 3.25. The lowest BCUT2D eigenvalue weighted by Gasteiger charge is -2.23. The minimum absolute atomic E-state index is 0.128. The molecule has 5 heteroatoms. The molecule has 3 N–H and O–H groups in total. The van der Waals surface area contributed by atoms with Crippen molar-refractivity contribution in [2.24, 2.45) is 5.73 Å². The van der Waals surface area contributed by atoms with Crippen LogP contribution in [0.5, 0.6) is 0 Å². The van der Waals surface area contributed by atoms with Crippen molar-refractivity contribution in [1.29, 1.82) is 0 Å². The van der Waals surface area contributed by atoms with Crippen molar-refractivity contribution in [2.45, 2.75) is 12.7 Å². The summed E-state index contributed by atoms with van der Waals surface area (Å²) in [7, 11) is 0. The van der Waals surface area contributed by atoms with Crippen molar-refractivity contribution in [2.75, 3.05) is 26.3 Å². The maximum Gasteiger partial charge on any atom is 0.248 e. The van der Waals surface area contributed by atoms with Crippen LogP contribution in [0, 0.1) is 0 Å². The standard InChI is InChI=1S/C13H18N2O3/c14-13(16)11-3-1-10(2-4-11)8-17-9-12-7-15-5-6-18-12/h1-4,12,15H,5-9H2,(H2,14,16). The van der Waals surface area contributed by atoms with E-state index >= 15 is 0 Å². The fourth-order valence-corrected chi connectivity index (χ4v) is 1.80. The SMILES string of the molecule is NC(=O)c1ccc(COCC2CNCCO2)cc1. The zero-order valence-corrected chi connectivity index (χ0v) is 10.2. The van der Waals surface area contributed by atoms with Crippen LogP contribution in [0.1, 0.15) is 15.9 Å². The molecule has 2 rings (SSSR count). The molecule has 0 spiro atoms. The van der Waals surface area contributed by atoms with Gasteiger partial charge in [-0.25, -0.2) is 0 Å². The molecule has 1 aliphatic rings. The Balaban J connectivity index is 1.74.